The predicted molar refractivity (Wildman–Crippen MR) is 79.4 cm³/mol. The summed E-state index contributed by atoms with van der Waals surface area (Å²) >= 11 is 0. The van der Waals surface area contributed by atoms with E-state index in [2.05, 4.69) is 0 Å². The number of carbonyl (C=O) groups excluding carboxylic acids is 2. The Morgan fingerprint density at radius 3 is 2.76 bits per heavy atom. The van der Waals surface area contributed by atoms with Crippen LogP contribution in [0.15, 0.2) is 24.3 Å². The number of nitrogens with zero attached hydrogens (tertiary/aromatic N) is 1. The normalized spacial score (nSPS) is 18.1. The van der Waals surface area contributed by atoms with Crippen LogP contribution in [0.4, 0.5) is 5.69 Å². The van der Waals surface area contributed by atoms with Crippen molar-refractivity contribution in [3.63, 3.8) is 0 Å². The number of methoxy groups -OCH3 is 1. The molecule has 0 radical (unpaired) electrons. The number of ether oxygens (including phenoxy) is 2. The van der Waals surface area contributed by atoms with Gasteiger partial charge in [-0.15, -0.1) is 0 Å². The molecule has 0 aliphatic carbocycles. The summed E-state index contributed by atoms with van der Waals surface area (Å²) in [6, 6.07) is 6.94. The van der Waals surface area contributed by atoms with Crippen molar-refractivity contribution in [3.05, 3.63) is 29.8 Å². The van der Waals surface area contributed by atoms with Gasteiger partial charge in [-0.05, 0) is 31.4 Å². The first-order chi connectivity index (χ1) is 10.1. The van der Waals surface area contributed by atoms with Crippen LogP contribution in [0.2, 0.25) is 0 Å². The lowest BCUT2D eigenvalue weighted by Gasteiger charge is -2.25. The van der Waals surface area contributed by atoms with Crippen LogP contribution >= 0.6 is 0 Å². The average Bonchev–Trinajstić information content (AvgIpc) is 2.54. The molecule has 1 unspecified atom stereocenters. The van der Waals surface area contributed by atoms with Gasteiger partial charge in [0.15, 0.2) is 0 Å². The minimum absolute atomic E-state index is 0.0148. The van der Waals surface area contributed by atoms with Crippen molar-refractivity contribution >= 4 is 17.6 Å². The monoisotopic (exact) mass is 291 g/mol. The molecule has 21 heavy (non-hydrogen) atoms. The molecule has 1 aliphatic rings. The second-order valence-electron chi connectivity index (χ2n) is 5.15. The molecule has 1 heterocycles. The van der Waals surface area contributed by atoms with Gasteiger partial charge in [0.1, 0.15) is 0 Å². The molecule has 0 saturated carbocycles. The number of carbonyl (C=O) groups is 2. The van der Waals surface area contributed by atoms with E-state index in [1.807, 2.05) is 0 Å². The molecule has 1 aromatic rings. The number of hydrogen-bond donors (Lipinski definition) is 0. The van der Waals surface area contributed by atoms with Gasteiger partial charge >= 0.3 is 5.97 Å². The fraction of sp³-hybridized carbons (Fsp3) is 0.500. The fourth-order valence-electron chi connectivity index (χ4n) is 2.48. The van der Waals surface area contributed by atoms with Crippen molar-refractivity contribution in [1.29, 1.82) is 0 Å². The lowest BCUT2D eigenvalue weighted by Crippen LogP contribution is -2.33. The number of amides is 1. The van der Waals surface area contributed by atoms with E-state index in [-0.39, 0.29) is 12.0 Å². The van der Waals surface area contributed by atoms with Gasteiger partial charge in [0, 0.05) is 13.7 Å². The summed E-state index contributed by atoms with van der Waals surface area (Å²) in [5.74, 6) is -0.502. The number of benzene rings is 1. The van der Waals surface area contributed by atoms with E-state index in [1.54, 1.807) is 31.3 Å². The second-order valence-corrected chi connectivity index (χ2v) is 5.15. The molecule has 1 atom stereocenters. The third-order valence-electron chi connectivity index (χ3n) is 3.72. The minimum Gasteiger partial charge on any atom is -0.465 e. The Balaban J connectivity index is 2.09. The molecular weight excluding hydrogens is 270 g/mol. The van der Waals surface area contributed by atoms with Crippen molar-refractivity contribution in [3.8, 4) is 0 Å². The van der Waals surface area contributed by atoms with Crippen molar-refractivity contribution in [1.82, 2.24) is 0 Å². The van der Waals surface area contributed by atoms with E-state index < -0.39 is 5.97 Å². The molecule has 2 rings (SSSR count). The number of para-hydroxylation sites is 1. The third kappa shape index (κ3) is 3.82. The van der Waals surface area contributed by atoms with Gasteiger partial charge in [0.2, 0.25) is 5.91 Å². The first kappa shape index (κ1) is 15.5. The van der Waals surface area contributed by atoms with E-state index in [1.165, 1.54) is 12.0 Å². The summed E-state index contributed by atoms with van der Waals surface area (Å²) in [4.78, 5) is 25.6. The van der Waals surface area contributed by atoms with Crippen molar-refractivity contribution < 1.29 is 19.1 Å². The molecule has 1 aromatic carbocycles. The molecular formula is C16H21NO4. The van der Waals surface area contributed by atoms with Gasteiger partial charge in [0.25, 0.3) is 0 Å². The van der Waals surface area contributed by atoms with Crippen molar-refractivity contribution in [2.45, 2.75) is 31.8 Å². The molecule has 1 saturated heterocycles. The van der Waals surface area contributed by atoms with E-state index in [9.17, 15) is 9.59 Å². The topological polar surface area (TPSA) is 55.8 Å². The summed E-state index contributed by atoms with van der Waals surface area (Å²) in [5.41, 5.74) is 0.950. The van der Waals surface area contributed by atoms with Gasteiger partial charge in [-0.25, -0.2) is 4.79 Å². The quantitative estimate of drug-likeness (QED) is 0.799. The summed E-state index contributed by atoms with van der Waals surface area (Å²) in [7, 11) is 3.00. The molecule has 0 aromatic heterocycles. The summed E-state index contributed by atoms with van der Waals surface area (Å²) in [5, 5.41) is 0. The highest BCUT2D eigenvalue weighted by molar-refractivity contribution is 6.02. The first-order valence-electron chi connectivity index (χ1n) is 7.19. The summed E-state index contributed by atoms with van der Waals surface area (Å²) < 4.78 is 10.3. The first-order valence-corrected chi connectivity index (χ1v) is 7.19. The van der Waals surface area contributed by atoms with Crippen molar-refractivity contribution in [2.24, 2.45) is 0 Å². The second kappa shape index (κ2) is 7.22. The smallest absolute Gasteiger partial charge is 0.339 e. The van der Waals surface area contributed by atoms with E-state index in [4.69, 9.17) is 9.47 Å². The van der Waals surface area contributed by atoms with Gasteiger partial charge in [0.05, 0.1) is 30.9 Å². The Kier molecular flexibility index (Phi) is 5.33. The molecule has 1 aliphatic heterocycles. The lowest BCUT2D eigenvalue weighted by molar-refractivity contribution is -0.122. The SMILES string of the molecule is COC(=O)c1ccccc1N(C)C(=O)CC1CCCCO1. The Morgan fingerprint density at radius 1 is 1.33 bits per heavy atom. The third-order valence-corrected chi connectivity index (χ3v) is 3.72. The zero-order valence-corrected chi connectivity index (χ0v) is 12.5. The van der Waals surface area contributed by atoms with Crippen LogP contribution < -0.4 is 4.90 Å². The number of hydrogen-bond acceptors (Lipinski definition) is 4. The maximum absolute atomic E-state index is 12.4. The highest BCUT2D eigenvalue weighted by Crippen LogP contribution is 2.23. The zero-order chi connectivity index (χ0) is 15.2. The standard InChI is InChI=1S/C16H21NO4/c1-17(15(18)11-12-7-5-6-10-21-12)14-9-4-3-8-13(14)16(19)20-2/h3-4,8-9,12H,5-7,10-11H2,1-2H3. The molecule has 1 amide bonds. The maximum Gasteiger partial charge on any atom is 0.339 e. The van der Waals surface area contributed by atoms with Crippen LogP contribution in [0.25, 0.3) is 0 Å². The van der Waals surface area contributed by atoms with Gasteiger partial charge < -0.3 is 14.4 Å². The number of esters is 1. The summed E-state index contributed by atoms with van der Waals surface area (Å²) in [6.07, 6.45) is 3.40. The largest absolute Gasteiger partial charge is 0.465 e. The number of anilines is 1. The Morgan fingerprint density at radius 2 is 2.10 bits per heavy atom. The zero-order valence-electron chi connectivity index (χ0n) is 12.5. The summed E-state index contributed by atoms with van der Waals surface area (Å²) in [6.45, 7) is 0.723. The Bertz CT molecular complexity index is 509. The Labute approximate surface area is 124 Å². The van der Waals surface area contributed by atoms with Crippen LogP contribution in [0, 0.1) is 0 Å². The van der Waals surface area contributed by atoms with E-state index >= 15 is 0 Å². The minimum atomic E-state index is -0.445. The van der Waals surface area contributed by atoms with E-state index in [0.29, 0.717) is 17.7 Å². The predicted octanol–water partition coefficient (Wildman–Crippen LogP) is 2.40. The fourth-order valence-corrected chi connectivity index (χ4v) is 2.48. The average molecular weight is 291 g/mol. The highest BCUT2D eigenvalue weighted by atomic mass is 16.5. The van der Waals surface area contributed by atoms with Crippen LogP contribution in [0.1, 0.15) is 36.0 Å². The molecule has 1 fully saturated rings. The molecule has 0 N–H and O–H groups in total. The molecule has 0 spiro atoms. The van der Waals surface area contributed by atoms with Gasteiger partial charge in [-0.3, -0.25) is 4.79 Å². The van der Waals surface area contributed by atoms with Gasteiger partial charge in [-0.2, -0.15) is 0 Å². The van der Waals surface area contributed by atoms with E-state index in [0.717, 1.165) is 25.9 Å². The van der Waals surface area contributed by atoms with Crippen LogP contribution in [-0.4, -0.2) is 38.7 Å². The molecule has 5 nitrogen and oxygen atoms in total. The van der Waals surface area contributed by atoms with Crippen LogP contribution in [0.5, 0.6) is 0 Å². The highest BCUT2D eigenvalue weighted by Gasteiger charge is 2.23. The lowest BCUT2D eigenvalue weighted by atomic mass is 10.1. The number of rotatable bonds is 4. The Hall–Kier alpha value is -1.88. The van der Waals surface area contributed by atoms with Crippen molar-refractivity contribution in [2.75, 3.05) is 25.7 Å². The van der Waals surface area contributed by atoms with Crippen LogP contribution in [-0.2, 0) is 14.3 Å². The molecule has 114 valence electrons. The molecule has 5 heteroatoms. The maximum atomic E-state index is 12.4. The molecule has 0 bridgehead atoms. The van der Waals surface area contributed by atoms with Gasteiger partial charge in [-0.1, -0.05) is 12.1 Å². The van der Waals surface area contributed by atoms with Crippen LogP contribution in [0.3, 0.4) is 0 Å².